The molecule has 31 heavy (non-hydrogen) atoms. The quantitative estimate of drug-likeness (QED) is 0.661. The average molecular weight is 412 g/mol. The number of amides is 1. The van der Waals surface area contributed by atoms with Crippen molar-refractivity contribution in [1.82, 2.24) is 9.88 Å². The SMILES string of the molecule is Cc1ccc(N2C3=CC=CC=C[C@@H]3N(C(=O)c3ccccn3)[C@@H]3CCCCC[C@H]32)cc1. The Bertz CT molecular complexity index is 1020. The first-order chi connectivity index (χ1) is 15.2. The number of carbonyl (C=O) groups excluding carboxylic acids is 1. The van der Waals surface area contributed by atoms with Crippen LogP contribution in [0.5, 0.6) is 0 Å². The Kier molecular flexibility index (Phi) is 5.46. The van der Waals surface area contributed by atoms with Crippen LogP contribution in [0, 0.1) is 6.92 Å². The zero-order valence-electron chi connectivity index (χ0n) is 18.0. The van der Waals surface area contributed by atoms with E-state index < -0.39 is 0 Å². The van der Waals surface area contributed by atoms with Gasteiger partial charge in [0, 0.05) is 17.6 Å². The summed E-state index contributed by atoms with van der Waals surface area (Å²) in [6.07, 6.45) is 18.0. The molecule has 0 unspecified atom stereocenters. The van der Waals surface area contributed by atoms with E-state index >= 15 is 0 Å². The zero-order chi connectivity index (χ0) is 21.2. The van der Waals surface area contributed by atoms with Gasteiger partial charge in [0.2, 0.25) is 0 Å². The second kappa shape index (κ2) is 8.54. The minimum atomic E-state index is -0.106. The van der Waals surface area contributed by atoms with Crippen molar-refractivity contribution in [2.45, 2.75) is 57.2 Å². The van der Waals surface area contributed by atoms with E-state index in [1.807, 2.05) is 18.2 Å². The van der Waals surface area contributed by atoms with Gasteiger partial charge in [0.15, 0.2) is 0 Å². The second-order valence-electron chi connectivity index (χ2n) is 8.71. The van der Waals surface area contributed by atoms with Gasteiger partial charge in [-0.3, -0.25) is 9.78 Å². The van der Waals surface area contributed by atoms with Crippen LogP contribution in [0.2, 0.25) is 0 Å². The molecule has 0 N–H and O–H groups in total. The van der Waals surface area contributed by atoms with Crippen LogP contribution in [0.25, 0.3) is 0 Å². The van der Waals surface area contributed by atoms with Crippen LogP contribution in [-0.2, 0) is 0 Å². The topological polar surface area (TPSA) is 36.4 Å². The minimum Gasteiger partial charge on any atom is -0.338 e. The lowest BCUT2D eigenvalue weighted by atomic mass is 9.89. The van der Waals surface area contributed by atoms with Gasteiger partial charge in [-0.05, 0) is 50.1 Å². The van der Waals surface area contributed by atoms with Gasteiger partial charge in [0.1, 0.15) is 5.69 Å². The molecule has 1 saturated carbocycles. The molecule has 4 heteroatoms. The fourth-order valence-electron chi connectivity index (χ4n) is 5.28. The van der Waals surface area contributed by atoms with Crippen LogP contribution in [0.4, 0.5) is 5.69 Å². The van der Waals surface area contributed by atoms with E-state index in [0.29, 0.717) is 5.69 Å². The number of hydrogen-bond acceptors (Lipinski definition) is 3. The van der Waals surface area contributed by atoms with Gasteiger partial charge in [-0.15, -0.1) is 0 Å². The molecule has 0 bridgehead atoms. The summed E-state index contributed by atoms with van der Waals surface area (Å²) in [7, 11) is 0. The highest BCUT2D eigenvalue weighted by Gasteiger charge is 2.46. The normalized spacial score (nSPS) is 25.2. The largest absolute Gasteiger partial charge is 0.338 e. The number of carbonyl (C=O) groups is 1. The van der Waals surface area contributed by atoms with Gasteiger partial charge in [0.25, 0.3) is 5.91 Å². The Hall–Kier alpha value is -3.14. The highest BCUT2D eigenvalue weighted by atomic mass is 16.2. The van der Waals surface area contributed by atoms with Crippen molar-refractivity contribution >= 4 is 11.6 Å². The first-order valence-electron chi connectivity index (χ1n) is 11.4. The molecule has 2 aromatic rings. The lowest BCUT2D eigenvalue weighted by molar-refractivity contribution is 0.0544. The summed E-state index contributed by atoms with van der Waals surface area (Å²) in [5, 5.41) is 0. The summed E-state index contributed by atoms with van der Waals surface area (Å²) < 4.78 is 0. The predicted molar refractivity (Wildman–Crippen MR) is 125 cm³/mol. The van der Waals surface area contributed by atoms with E-state index in [1.54, 1.807) is 6.20 Å². The van der Waals surface area contributed by atoms with Gasteiger partial charge in [0.05, 0.1) is 18.1 Å². The van der Waals surface area contributed by atoms with E-state index in [1.165, 1.54) is 29.8 Å². The molecule has 0 spiro atoms. The highest BCUT2D eigenvalue weighted by Crippen LogP contribution is 2.41. The fourth-order valence-corrected chi connectivity index (χ4v) is 5.28. The molecule has 2 heterocycles. The first kappa shape index (κ1) is 19.8. The number of allylic oxidation sites excluding steroid dienone is 4. The maximum Gasteiger partial charge on any atom is 0.273 e. The third kappa shape index (κ3) is 3.71. The van der Waals surface area contributed by atoms with Gasteiger partial charge < -0.3 is 9.80 Å². The predicted octanol–water partition coefficient (Wildman–Crippen LogP) is 5.43. The smallest absolute Gasteiger partial charge is 0.273 e. The van der Waals surface area contributed by atoms with Gasteiger partial charge in [-0.1, -0.05) is 67.3 Å². The molecule has 2 aliphatic carbocycles. The third-order valence-corrected chi connectivity index (χ3v) is 6.73. The lowest BCUT2D eigenvalue weighted by Gasteiger charge is -2.53. The van der Waals surface area contributed by atoms with E-state index in [9.17, 15) is 4.79 Å². The summed E-state index contributed by atoms with van der Waals surface area (Å²) in [5.41, 5.74) is 4.17. The zero-order valence-corrected chi connectivity index (χ0v) is 18.0. The Balaban J connectivity index is 1.64. The van der Waals surface area contributed by atoms with Crippen molar-refractivity contribution < 1.29 is 4.79 Å². The number of fused-ring (bicyclic) bond motifs is 2. The average Bonchev–Trinajstić information content (AvgIpc) is 3.19. The molecule has 158 valence electrons. The number of pyridine rings is 1. The van der Waals surface area contributed by atoms with E-state index in [-0.39, 0.29) is 24.0 Å². The van der Waals surface area contributed by atoms with E-state index in [2.05, 4.69) is 76.4 Å². The number of aromatic nitrogens is 1. The number of hydrogen-bond donors (Lipinski definition) is 0. The molecule has 1 aromatic heterocycles. The van der Waals surface area contributed by atoms with Crippen molar-refractivity contribution in [1.29, 1.82) is 0 Å². The van der Waals surface area contributed by atoms with Crippen molar-refractivity contribution in [2.24, 2.45) is 0 Å². The maximum atomic E-state index is 13.8. The van der Waals surface area contributed by atoms with Gasteiger partial charge in [-0.25, -0.2) is 0 Å². The number of aryl methyl sites for hydroxylation is 1. The Morgan fingerprint density at radius 1 is 0.935 bits per heavy atom. The summed E-state index contributed by atoms with van der Waals surface area (Å²) >= 11 is 0. The number of piperazine rings is 1. The van der Waals surface area contributed by atoms with Crippen molar-refractivity contribution in [3.8, 4) is 0 Å². The standard InChI is InChI=1S/C27H29N3O/c1-20-15-17-21(18-16-20)29-23-11-4-2-6-13-25(23)30(26-14-7-3-5-12-24(26)29)27(31)22-10-8-9-19-28-22/h2,4,6,8-11,13,15-19,24-26H,3,5,7,12,14H2,1H3/t24-,25+,26-/m1/s1. The van der Waals surface area contributed by atoms with Crippen molar-refractivity contribution in [2.75, 3.05) is 4.90 Å². The Morgan fingerprint density at radius 3 is 2.52 bits per heavy atom. The van der Waals surface area contributed by atoms with Crippen LogP contribution < -0.4 is 4.90 Å². The van der Waals surface area contributed by atoms with Crippen LogP contribution in [-0.4, -0.2) is 33.9 Å². The number of benzene rings is 1. The molecule has 4 nitrogen and oxygen atoms in total. The van der Waals surface area contributed by atoms with Crippen LogP contribution in [0.15, 0.2) is 84.7 Å². The Morgan fingerprint density at radius 2 is 1.74 bits per heavy atom. The monoisotopic (exact) mass is 411 g/mol. The molecule has 1 aromatic carbocycles. The van der Waals surface area contributed by atoms with Gasteiger partial charge >= 0.3 is 0 Å². The summed E-state index contributed by atoms with van der Waals surface area (Å²) in [6, 6.07) is 14.7. The number of nitrogens with zero attached hydrogens (tertiary/aromatic N) is 3. The summed E-state index contributed by atoms with van der Waals surface area (Å²) in [5.74, 6) is 0.0310. The van der Waals surface area contributed by atoms with Crippen LogP contribution >= 0.6 is 0 Å². The number of anilines is 1. The second-order valence-corrected chi connectivity index (χ2v) is 8.71. The molecule has 1 amide bonds. The molecular formula is C27H29N3O. The fraction of sp³-hybridized carbons (Fsp3) is 0.333. The molecule has 1 saturated heterocycles. The van der Waals surface area contributed by atoms with Crippen LogP contribution in [0.3, 0.4) is 0 Å². The minimum absolute atomic E-state index is 0.0310. The molecular weight excluding hydrogens is 382 g/mol. The van der Waals surface area contributed by atoms with E-state index in [4.69, 9.17) is 0 Å². The third-order valence-electron chi connectivity index (χ3n) is 6.73. The molecule has 2 fully saturated rings. The summed E-state index contributed by atoms with van der Waals surface area (Å²) in [4.78, 5) is 22.8. The molecule has 0 radical (unpaired) electrons. The molecule has 3 aliphatic rings. The van der Waals surface area contributed by atoms with Crippen molar-refractivity contribution in [3.05, 3.63) is 96.0 Å². The molecule has 3 atom stereocenters. The van der Waals surface area contributed by atoms with E-state index in [0.717, 1.165) is 19.3 Å². The summed E-state index contributed by atoms with van der Waals surface area (Å²) in [6.45, 7) is 2.13. The number of rotatable bonds is 2. The molecule has 5 rings (SSSR count). The van der Waals surface area contributed by atoms with Gasteiger partial charge in [-0.2, -0.15) is 0 Å². The molecule has 1 aliphatic heterocycles. The highest BCUT2D eigenvalue weighted by molar-refractivity contribution is 5.93. The first-order valence-corrected chi connectivity index (χ1v) is 11.4. The lowest BCUT2D eigenvalue weighted by Crippen LogP contribution is -2.63. The van der Waals surface area contributed by atoms with Crippen LogP contribution in [0.1, 0.15) is 48.2 Å². The van der Waals surface area contributed by atoms with Crippen molar-refractivity contribution in [3.63, 3.8) is 0 Å². The Labute approximate surface area is 184 Å². The maximum absolute atomic E-state index is 13.8.